The molecule has 19 heavy (non-hydrogen) atoms. The fourth-order valence-electron chi connectivity index (χ4n) is 2.41. The lowest BCUT2D eigenvalue weighted by molar-refractivity contribution is -0.133. The number of carbonyl (C=O) groups is 1. The Kier molecular flexibility index (Phi) is 3.80. The minimum atomic E-state index is -0.595. The van der Waals surface area contributed by atoms with Gasteiger partial charge in [0.15, 0.2) is 0 Å². The van der Waals surface area contributed by atoms with E-state index >= 15 is 0 Å². The van der Waals surface area contributed by atoms with Gasteiger partial charge in [0.25, 0.3) is 0 Å². The molecule has 0 fully saturated rings. The van der Waals surface area contributed by atoms with Crippen LogP contribution in [-0.4, -0.2) is 25.8 Å². The van der Waals surface area contributed by atoms with Gasteiger partial charge in [-0.1, -0.05) is 0 Å². The van der Waals surface area contributed by atoms with Crippen LogP contribution >= 0.6 is 0 Å². The van der Waals surface area contributed by atoms with Gasteiger partial charge in [-0.15, -0.1) is 0 Å². The summed E-state index contributed by atoms with van der Waals surface area (Å²) in [4.78, 5) is 12.1. The molecule has 104 valence electrons. The van der Waals surface area contributed by atoms with E-state index in [0.29, 0.717) is 18.8 Å². The Morgan fingerprint density at radius 1 is 1.53 bits per heavy atom. The second kappa shape index (κ2) is 5.21. The Balaban J connectivity index is 2.47. The molecular formula is C15H20O4. The predicted octanol–water partition coefficient (Wildman–Crippen LogP) is 2.69. The molecule has 1 aromatic carbocycles. The van der Waals surface area contributed by atoms with Crippen molar-refractivity contribution in [2.24, 2.45) is 0 Å². The van der Waals surface area contributed by atoms with Crippen LogP contribution in [0.25, 0.3) is 0 Å². The standard InChI is InChI=1S/C15H20O4/c1-5-18-14-9-15(3,10(2)16)12-8-11(17-4)6-7-13(12)19-14/h6-8,14H,5,9H2,1-4H3/t14-,15-/m0/s1. The summed E-state index contributed by atoms with van der Waals surface area (Å²) in [7, 11) is 1.61. The normalized spacial score (nSPS) is 25.4. The number of rotatable bonds is 4. The highest BCUT2D eigenvalue weighted by molar-refractivity contribution is 5.89. The van der Waals surface area contributed by atoms with Crippen molar-refractivity contribution in [3.63, 3.8) is 0 Å². The van der Waals surface area contributed by atoms with Crippen LogP contribution < -0.4 is 9.47 Å². The third kappa shape index (κ3) is 2.45. The molecule has 1 aliphatic heterocycles. The first-order chi connectivity index (χ1) is 9.01. The van der Waals surface area contributed by atoms with Gasteiger partial charge in [-0.25, -0.2) is 0 Å². The Labute approximate surface area is 113 Å². The molecule has 1 aliphatic rings. The molecule has 0 amide bonds. The van der Waals surface area contributed by atoms with Crippen molar-refractivity contribution in [3.8, 4) is 11.5 Å². The SMILES string of the molecule is CCO[C@@H]1C[C@@](C)(C(C)=O)c2cc(OC)ccc2O1. The van der Waals surface area contributed by atoms with E-state index in [-0.39, 0.29) is 12.1 Å². The molecule has 1 heterocycles. The Morgan fingerprint density at radius 2 is 2.26 bits per heavy atom. The van der Waals surface area contributed by atoms with E-state index in [1.807, 2.05) is 32.0 Å². The summed E-state index contributed by atoms with van der Waals surface area (Å²) in [5, 5.41) is 0. The number of carbonyl (C=O) groups excluding carboxylic acids is 1. The zero-order chi connectivity index (χ0) is 14.0. The minimum Gasteiger partial charge on any atom is -0.497 e. The van der Waals surface area contributed by atoms with Crippen LogP contribution in [0.1, 0.15) is 32.8 Å². The van der Waals surface area contributed by atoms with E-state index in [0.717, 1.165) is 11.3 Å². The smallest absolute Gasteiger partial charge is 0.201 e. The average molecular weight is 264 g/mol. The lowest BCUT2D eigenvalue weighted by Gasteiger charge is -2.38. The van der Waals surface area contributed by atoms with Gasteiger partial charge in [-0.2, -0.15) is 0 Å². The van der Waals surface area contributed by atoms with Crippen LogP contribution in [0, 0.1) is 0 Å². The van der Waals surface area contributed by atoms with Crippen molar-refractivity contribution in [1.82, 2.24) is 0 Å². The molecule has 0 aliphatic carbocycles. The van der Waals surface area contributed by atoms with Gasteiger partial charge in [-0.3, -0.25) is 4.79 Å². The third-order valence-corrected chi connectivity index (χ3v) is 3.74. The maximum atomic E-state index is 12.1. The lowest BCUT2D eigenvalue weighted by atomic mass is 9.74. The molecule has 1 aromatic rings. The first-order valence-corrected chi connectivity index (χ1v) is 6.49. The Hall–Kier alpha value is -1.55. The average Bonchev–Trinajstić information content (AvgIpc) is 2.38. The van der Waals surface area contributed by atoms with Crippen LogP contribution in [0.15, 0.2) is 18.2 Å². The minimum absolute atomic E-state index is 0.106. The van der Waals surface area contributed by atoms with E-state index in [2.05, 4.69) is 0 Å². The predicted molar refractivity (Wildman–Crippen MR) is 71.7 cm³/mol. The van der Waals surface area contributed by atoms with Gasteiger partial charge >= 0.3 is 0 Å². The lowest BCUT2D eigenvalue weighted by Crippen LogP contribution is -2.42. The quantitative estimate of drug-likeness (QED) is 0.838. The molecule has 0 saturated heterocycles. The topological polar surface area (TPSA) is 44.8 Å². The molecule has 0 N–H and O–H groups in total. The molecular weight excluding hydrogens is 244 g/mol. The summed E-state index contributed by atoms with van der Waals surface area (Å²) in [6, 6.07) is 5.53. The molecule has 2 atom stereocenters. The third-order valence-electron chi connectivity index (χ3n) is 3.74. The summed E-state index contributed by atoms with van der Waals surface area (Å²) in [5.74, 6) is 1.53. The number of hydrogen-bond acceptors (Lipinski definition) is 4. The molecule has 2 rings (SSSR count). The molecule has 0 spiro atoms. The molecule has 0 aromatic heterocycles. The van der Waals surface area contributed by atoms with Gasteiger partial charge in [0.1, 0.15) is 17.3 Å². The number of hydrogen-bond donors (Lipinski definition) is 0. The van der Waals surface area contributed by atoms with Crippen molar-refractivity contribution in [2.45, 2.75) is 38.9 Å². The summed E-state index contributed by atoms with van der Waals surface area (Å²) < 4.78 is 16.6. The van der Waals surface area contributed by atoms with Crippen molar-refractivity contribution in [2.75, 3.05) is 13.7 Å². The van der Waals surface area contributed by atoms with Crippen molar-refractivity contribution in [3.05, 3.63) is 23.8 Å². The van der Waals surface area contributed by atoms with Crippen LogP contribution in [0.5, 0.6) is 11.5 Å². The van der Waals surface area contributed by atoms with Crippen molar-refractivity contribution < 1.29 is 19.0 Å². The molecule has 0 bridgehead atoms. The Bertz CT molecular complexity index is 483. The van der Waals surface area contributed by atoms with E-state index in [9.17, 15) is 4.79 Å². The number of methoxy groups -OCH3 is 1. The largest absolute Gasteiger partial charge is 0.497 e. The van der Waals surface area contributed by atoms with Crippen LogP contribution in [0.3, 0.4) is 0 Å². The number of benzene rings is 1. The van der Waals surface area contributed by atoms with Gasteiger partial charge in [0.05, 0.1) is 12.5 Å². The highest BCUT2D eigenvalue weighted by atomic mass is 16.7. The second-order valence-electron chi connectivity index (χ2n) is 4.96. The summed E-state index contributed by atoms with van der Waals surface area (Å²) in [6.45, 7) is 6.02. The highest BCUT2D eigenvalue weighted by Crippen LogP contribution is 2.43. The van der Waals surface area contributed by atoms with E-state index in [1.54, 1.807) is 14.0 Å². The van der Waals surface area contributed by atoms with Crippen LogP contribution in [-0.2, 0) is 14.9 Å². The van der Waals surface area contributed by atoms with Gasteiger partial charge in [-0.05, 0) is 39.0 Å². The number of Topliss-reactive ketones (excluding diaryl/α,β-unsaturated/α-hetero) is 1. The summed E-state index contributed by atoms with van der Waals surface area (Å²) in [6.07, 6.45) is 0.149. The molecule has 0 unspecified atom stereocenters. The maximum Gasteiger partial charge on any atom is 0.201 e. The maximum absolute atomic E-state index is 12.1. The van der Waals surface area contributed by atoms with Gasteiger partial charge in [0.2, 0.25) is 6.29 Å². The molecule has 0 radical (unpaired) electrons. The van der Waals surface area contributed by atoms with Crippen molar-refractivity contribution >= 4 is 5.78 Å². The monoisotopic (exact) mass is 264 g/mol. The van der Waals surface area contributed by atoms with Gasteiger partial charge < -0.3 is 14.2 Å². The van der Waals surface area contributed by atoms with Crippen molar-refractivity contribution in [1.29, 1.82) is 0 Å². The molecule has 0 saturated carbocycles. The van der Waals surface area contributed by atoms with E-state index < -0.39 is 5.41 Å². The first-order valence-electron chi connectivity index (χ1n) is 6.49. The fourth-order valence-corrected chi connectivity index (χ4v) is 2.41. The molecule has 4 nitrogen and oxygen atoms in total. The zero-order valence-electron chi connectivity index (χ0n) is 11.9. The number of fused-ring (bicyclic) bond motifs is 1. The second-order valence-corrected chi connectivity index (χ2v) is 4.96. The zero-order valence-corrected chi connectivity index (χ0v) is 11.9. The summed E-state index contributed by atoms with van der Waals surface area (Å²) >= 11 is 0. The van der Waals surface area contributed by atoms with Crippen LogP contribution in [0.2, 0.25) is 0 Å². The van der Waals surface area contributed by atoms with Gasteiger partial charge in [0, 0.05) is 18.6 Å². The number of ketones is 1. The summed E-state index contributed by atoms with van der Waals surface area (Å²) in [5.41, 5.74) is 0.275. The van der Waals surface area contributed by atoms with E-state index in [1.165, 1.54) is 0 Å². The molecule has 4 heteroatoms. The fraction of sp³-hybridized carbons (Fsp3) is 0.533. The van der Waals surface area contributed by atoms with E-state index in [4.69, 9.17) is 14.2 Å². The number of ether oxygens (including phenoxy) is 3. The first kappa shape index (κ1) is 13.9. The highest BCUT2D eigenvalue weighted by Gasteiger charge is 2.42. The van der Waals surface area contributed by atoms with Crippen LogP contribution in [0.4, 0.5) is 0 Å². The Morgan fingerprint density at radius 3 is 2.84 bits per heavy atom.